The molecule has 7 nitrogen and oxygen atoms in total. The Labute approximate surface area is 178 Å². The summed E-state index contributed by atoms with van der Waals surface area (Å²) in [6.45, 7) is 5.34. The van der Waals surface area contributed by atoms with Crippen LogP contribution in [0.5, 0.6) is 0 Å². The predicted octanol–water partition coefficient (Wildman–Crippen LogP) is 4.58. The molecule has 0 saturated carbocycles. The average molecular weight is 416 g/mol. The van der Waals surface area contributed by atoms with E-state index in [4.69, 9.17) is 9.47 Å². The minimum atomic E-state index is -0.681. The summed E-state index contributed by atoms with van der Waals surface area (Å²) in [5.41, 5.74) is 1.25. The van der Waals surface area contributed by atoms with Crippen molar-refractivity contribution >= 4 is 23.1 Å². The number of hydrogen-bond donors (Lipinski definition) is 1. The lowest BCUT2D eigenvalue weighted by molar-refractivity contribution is -0.143. The average Bonchev–Trinajstić information content (AvgIpc) is 2.70. The first kappa shape index (κ1) is 23.6. The zero-order valence-electron chi connectivity index (χ0n) is 18.4. The molecule has 7 heteroatoms. The molecule has 2 rings (SSSR count). The number of unbranched alkanes of at least 4 members (excludes halogenated alkanes) is 4. The molecule has 0 aliphatic carbocycles. The highest BCUT2D eigenvalue weighted by Crippen LogP contribution is 2.14. The number of nitrogens with zero attached hydrogens (tertiary/aromatic N) is 2. The van der Waals surface area contributed by atoms with E-state index in [2.05, 4.69) is 27.4 Å². The van der Waals surface area contributed by atoms with Crippen molar-refractivity contribution in [1.82, 2.24) is 15.3 Å². The second-order valence-corrected chi connectivity index (χ2v) is 8.38. The number of hydrogen-bond acceptors (Lipinski definition) is 6. The number of ether oxygens (including phenoxy) is 2. The monoisotopic (exact) mass is 415 g/mol. The second kappa shape index (κ2) is 11.5. The van der Waals surface area contributed by atoms with Gasteiger partial charge >= 0.3 is 12.1 Å². The van der Waals surface area contributed by atoms with Crippen LogP contribution in [0.15, 0.2) is 30.5 Å². The molecule has 0 radical (unpaired) electrons. The number of aryl methyl sites for hydroxylation is 1. The van der Waals surface area contributed by atoms with Crippen molar-refractivity contribution in [3.05, 3.63) is 36.2 Å². The van der Waals surface area contributed by atoms with Crippen molar-refractivity contribution in [3.8, 4) is 0 Å². The van der Waals surface area contributed by atoms with Gasteiger partial charge in [-0.15, -0.1) is 0 Å². The van der Waals surface area contributed by atoms with Gasteiger partial charge in [0.15, 0.2) is 5.65 Å². The van der Waals surface area contributed by atoms with Crippen molar-refractivity contribution < 1.29 is 19.1 Å². The number of alkyl carbamates (subject to hydrolysis) is 1. The third-order valence-corrected chi connectivity index (χ3v) is 4.62. The quantitative estimate of drug-likeness (QED) is 0.451. The molecule has 1 amide bonds. The van der Waals surface area contributed by atoms with Gasteiger partial charge in [0.1, 0.15) is 11.6 Å². The highest BCUT2D eigenvalue weighted by atomic mass is 16.6. The molecule has 30 heavy (non-hydrogen) atoms. The molecule has 0 aliphatic heterocycles. The molecular formula is C23H33N3O4. The molecule has 2 aromatic heterocycles. The highest BCUT2D eigenvalue weighted by Gasteiger charge is 2.24. The van der Waals surface area contributed by atoms with Crippen molar-refractivity contribution in [2.24, 2.45) is 0 Å². The molecule has 0 saturated heterocycles. The molecule has 0 unspecified atom stereocenters. The number of carbonyl (C=O) groups excluding carboxylic acids is 2. The fraction of sp³-hybridized carbons (Fsp3) is 0.565. The SMILES string of the molecule is COC(=O)[C@H](CCCCCCCc1ccc2cccnc2n1)NC(=O)OC(C)(C)C. The predicted molar refractivity (Wildman–Crippen MR) is 116 cm³/mol. The summed E-state index contributed by atoms with van der Waals surface area (Å²) in [4.78, 5) is 32.8. The summed E-state index contributed by atoms with van der Waals surface area (Å²) in [5.74, 6) is -0.447. The lowest BCUT2D eigenvalue weighted by Gasteiger charge is -2.22. The van der Waals surface area contributed by atoms with Crippen LogP contribution < -0.4 is 5.32 Å². The Hall–Kier alpha value is -2.70. The van der Waals surface area contributed by atoms with Crippen LogP contribution >= 0.6 is 0 Å². The third-order valence-electron chi connectivity index (χ3n) is 4.62. The molecule has 0 spiro atoms. The van der Waals surface area contributed by atoms with Gasteiger partial charge in [0.05, 0.1) is 7.11 Å². The number of esters is 1. The van der Waals surface area contributed by atoms with E-state index in [1.165, 1.54) is 7.11 Å². The van der Waals surface area contributed by atoms with E-state index in [1.54, 1.807) is 27.0 Å². The van der Waals surface area contributed by atoms with Crippen molar-refractivity contribution in [3.63, 3.8) is 0 Å². The van der Waals surface area contributed by atoms with Crippen LogP contribution in [0.4, 0.5) is 4.79 Å². The van der Waals surface area contributed by atoms with Gasteiger partial charge in [0.25, 0.3) is 0 Å². The van der Waals surface area contributed by atoms with Gasteiger partial charge in [-0.25, -0.2) is 19.6 Å². The maximum atomic E-state index is 11.9. The summed E-state index contributed by atoms with van der Waals surface area (Å²) < 4.78 is 10.0. The summed E-state index contributed by atoms with van der Waals surface area (Å²) in [5, 5.41) is 3.67. The topological polar surface area (TPSA) is 90.4 Å². The molecule has 0 bridgehead atoms. The summed E-state index contributed by atoms with van der Waals surface area (Å²) in [6.07, 6.45) is 7.64. The fourth-order valence-corrected chi connectivity index (χ4v) is 3.16. The van der Waals surface area contributed by atoms with E-state index in [0.717, 1.165) is 55.3 Å². The first-order valence-corrected chi connectivity index (χ1v) is 10.6. The smallest absolute Gasteiger partial charge is 0.408 e. The van der Waals surface area contributed by atoms with E-state index in [0.29, 0.717) is 6.42 Å². The van der Waals surface area contributed by atoms with Gasteiger partial charge < -0.3 is 14.8 Å². The number of methoxy groups -OCH3 is 1. The summed E-state index contributed by atoms with van der Waals surface area (Å²) >= 11 is 0. The molecule has 2 aromatic rings. The Bertz CT molecular complexity index is 833. The standard InChI is InChI=1S/C23H33N3O4/c1-23(2,3)30-22(28)26-19(21(27)29-4)13-9-7-5-6-8-12-18-15-14-17-11-10-16-24-20(17)25-18/h10-11,14-16,19H,5-9,12-13H2,1-4H3,(H,26,28)/t19-/m0/s1. The number of fused-ring (bicyclic) bond motifs is 1. The van der Waals surface area contributed by atoms with Crippen LogP contribution in [0.25, 0.3) is 11.0 Å². The first-order valence-electron chi connectivity index (χ1n) is 10.6. The maximum Gasteiger partial charge on any atom is 0.408 e. The van der Waals surface area contributed by atoms with Gasteiger partial charge in [-0.1, -0.05) is 25.7 Å². The van der Waals surface area contributed by atoms with E-state index < -0.39 is 23.7 Å². The third kappa shape index (κ3) is 8.35. The number of amides is 1. The molecule has 2 heterocycles. The van der Waals surface area contributed by atoms with E-state index >= 15 is 0 Å². The highest BCUT2D eigenvalue weighted by molar-refractivity contribution is 5.81. The van der Waals surface area contributed by atoms with Crippen LogP contribution in [0.3, 0.4) is 0 Å². The minimum absolute atomic E-state index is 0.447. The van der Waals surface area contributed by atoms with Crippen molar-refractivity contribution in [2.45, 2.75) is 77.4 Å². The van der Waals surface area contributed by atoms with Gasteiger partial charge in [0.2, 0.25) is 0 Å². The van der Waals surface area contributed by atoms with Crippen LogP contribution in [0.1, 0.15) is 65.0 Å². The Morgan fingerprint density at radius 1 is 1.07 bits per heavy atom. The van der Waals surface area contributed by atoms with Crippen molar-refractivity contribution in [1.29, 1.82) is 0 Å². The molecule has 164 valence electrons. The Balaban J connectivity index is 1.66. The van der Waals surface area contributed by atoms with Crippen LogP contribution in [-0.2, 0) is 20.7 Å². The van der Waals surface area contributed by atoms with Crippen LogP contribution in [-0.4, -0.2) is 40.8 Å². The molecular weight excluding hydrogens is 382 g/mol. The van der Waals surface area contributed by atoms with E-state index in [9.17, 15) is 9.59 Å². The van der Waals surface area contributed by atoms with Gasteiger partial charge in [-0.3, -0.25) is 0 Å². The Morgan fingerprint density at radius 2 is 1.80 bits per heavy atom. The Kier molecular flexibility index (Phi) is 9.02. The second-order valence-electron chi connectivity index (χ2n) is 8.38. The summed E-state index contributed by atoms with van der Waals surface area (Å²) in [6, 6.07) is 7.37. The zero-order valence-corrected chi connectivity index (χ0v) is 18.4. The number of rotatable bonds is 10. The molecule has 0 aliphatic rings. The number of pyridine rings is 2. The van der Waals surface area contributed by atoms with Crippen molar-refractivity contribution in [2.75, 3.05) is 7.11 Å². The summed E-state index contributed by atoms with van der Waals surface area (Å²) in [7, 11) is 1.32. The number of nitrogens with one attached hydrogen (secondary N) is 1. The minimum Gasteiger partial charge on any atom is -0.467 e. The number of carbonyl (C=O) groups is 2. The van der Waals surface area contributed by atoms with Crippen LogP contribution in [0.2, 0.25) is 0 Å². The molecule has 0 aromatic carbocycles. The maximum absolute atomic E-state index is 11.9. The van der Waals surface area contributed by atoms with Gasteiger partial charge in [0, 0.05) is 17.3 Å². The molecule has 0 fully saturated rings. The zero-order chi connectivity index (χ0) is 22.0. The number of aromatic nitrogens is 2. The lowest BCUT2D eigenvalue weighted by Crippen LogP contribution is -2.44. The first-order chi connectivity index (χ1) is 14.3. The fourth-order valence-electron chi connectivity index (χ4n) is 3.16. The largest absolute Gasteiger partial charge is 0.467 e. The van der Waals surface area contributed by atoms with Gasteiger partial charge in [-0.05, 0) is 64.3 Å². The van der Waals surface area contributed by atoms with Crippen LogP contribution in [0, 0.1) is 0 Å². The van der Waals surface area contributed by atoms with Gasteiger partial charge in [-0.2, -0.15) is 0 Å². The molecule has 1 atom stereocenters. The molecule has 1 N–H and O–H groups in total. The normalized spacial score (nSPS) is 12.4. The van der Waals surface area contributed by atoms with E-state index in [1.807, 2.05) is 12.1 Å². The lowest BCUT2D eigenvalue weighted by atomic mass is 10.0. The Morgan fingerprint density at radius 3 is 2.53 bits per heavy atom. The van der Waals surface area contributed by atoms with E-state index in [-0.39, 0.29) is 0 Å².